The molecular formula is C15H15N3O2S. The Morgan fingerprint density at radius 2 is 2.05 bits per heavy atom. The fourth-order valence-electron chi connectivity index (χ4n) is 2.37. The fraction of sp³-hybridized carbons (Fsp3) is 0.267. The minimum atomic E-state index is -0.415. The summed E-state index contributed by atoms with van der Waals surface area (Å²) in [6, 6.07) is 9.15. The van der Waals surface area contributed by atoms with E-state index in [1.807, 2.05) is 37.3 Å². The molecule has 1 fully saturated rings. The number of rotatable bonds is 3. The van der Waals surface area contributed by atoms with Gasteiger partial charge in [0.15, 0.2) is 5.13 Å². The largest absolute Gasteiger partial charge is 0.323 e. The van der Waals surface area contributed by atoms with Gasteiger partial charge in [0.25, 0.3) is 0 Å². The Balaban J connectivity index is 1.90. The lowest BCUT2D eigenvalue weighted by molar-refractivity contribution is -0.121. The highest BCUT2D eigenvalue weighted by atomic mass is 32.1. The number of carbonyl (C=O) groups is 2. The van der Waals surface area contributed by atoms with Crippen LogP contribution < -0.4 is 10.6 Å². The molecule has 0 bridgehead atoms. The van der Waals surface area contributed by atoms with Crippen LogP contribution in [0.5, 0.6) is 0 Å². The number of nitrogens with zero attached hydrogens (tertiary/aromatic N) is 2. The third-order valence-electron chi connectivity index (χ3n) is 3.52. The predicted molar refractivity (Wildman–Crippen MR) is 81.0 cm³/mol. The van der Waals surface area contributed by atoms with Gasteiger partial charge in [0.2, 0.25) is 11.8 Å². The van der Waals surface area contributed by atoms with Gasteiger partial charge in [-0.1, -0.05) is 30.3 Å². The lowest BCUT2D eigenvalue weighted by Crippen LogP contribution is -2.30. The number of amides is 2. The molecule has 1 aliphatic heterocycles. The van der Waals surface area contributed by atoms with Gasteiger partial charge in [-0.2, -0.15) is 0 Å². The fourth-order valence-corrected chi connectivity index (χ4v) is 3.32. The van der Waals surface area contributed by atoms with Crippen LogP contribution in [0.15, 0.2) is 35.7 Å². The summed E-state index contributed by atoms with van der Waals surface area (Å²) in [7, 11) is 0. The van der Waals surface area contributed by atoms with Crippen LogP contribution in [-0.2, 0) is 9.59 Å². The Bertz CT molecular complexity index is 681. The van der Waals surface area contributed by atoms with Crippen molar-refractivity contribution < 1.29 is 9.59 Å². The van der Waals surface area contributed by atoms with Gasteiger partial charge in [-0.15, -0.1) is 11.3 Å². The van der Waals surface area contributed by atoms with Crippen LogP contribution in [0.25, 0.3) is 0 Å². The average molecular weight is 301 g/mol. The highest BCUT2D eigenvalue weighted by Crippen LogP contribution is 2.34. The third kappa shape index (κ3) is 2.48. The van der Waals surface area contributed by atoms with Crippen molar-refractivity contribution in [2.75, 3.05) is 4.90 Å². The van der Waals surface area contributed by atoms with Gasteiger partial charge in [0, 0.05) is 17.8 Å². The molecule has 5 nitrogen and oxygen atoms in total. The standard InChI is InChI=1S/C15H15N3O2S/c1-9(16)12-8-21-15(17-12)18-13(19)7-11(14(18)20)10-5-3-2-4-6-10/h2-6,8-9,11H,7,16H2,1H3. The van der Waals surface area contributed by atoms with Crippen molar-refractivity contribution >= 4 is 28.3 Å². The summed E-state index contributed by atoms with van der Waals surface area (Å²) in [5.41, 5.74) is 7.33. The smallest absolute Gasteiger partial charge is 0.243 e. The maximum atomic E-state index is 12.5. The van der Waals surface area contributed by atoms with Crippen LogP contribution in [0, 0.1) is 0 Å². The molecule has 2 heterocycles. The highest BCUT2D eigenvalue weighted by Gasteiger charge is 2.41. The molecule has 6 heteroatoms. The second kappa shape index (κ2) is 5.38. The van der Waals surface area contributed by atoms with Crippen LogP contribution in [0.1, 0.15) is 36.6 Å². The van der Waals surface area contributed by atoms with Gasteiger partial charge in [-0.25, -0.2) is 9.88 Å². The van der Waals surface area contributed by atoms with E-state index in [0.717, 1.165) is 5.56 Å². The third-order valence-corrected chi connectivity index (χ3v) is 4.36. The van der Waals surface area contributed by atoms with Crippen molar-refractivity contribution in [1.82, 2.24) is 4.98 Å². The number of nitrogens with two attached hydrogens (primary N) is 1. The van der Waals surface area contributed by atoms with E-state index in [0.29, 0.717) is 10.8 Å². The zero-order chi connectivity index (χ0) is 15.0. The molecule has 3 rings (SSSR count). The van der Waals surface area contributed by atoms with E-state index in [2.05, 4.69) is 4.98 Å². The van der Waals surface area contributed by atoms with Gasteiger partial charge in [0.05, 0.1) is 11.6 Å². The molecule has 2 N–H and O–H groups in total. The maximum Gasteiger partial charge on any atom is 0.243 e. The lowest BCUT2D eigenvalue weighted by Gasteiger charge is -2.11. The van der Waals surface area contributed by atoms with Gasteiger partial charge >= 0.3 is 0 Å². The summed E-state index contributed by atoms with van der Waals surface area (Å²) in [4.78, 5) is 30.2. The Morgan fingerprint density at radius 3 is 2.67 bits per heavy atom. The number of hydrogen-bond donors (Lipinski definition) is 1. The average Bonchev–Trinajstić information content (AvgIpc) is 3.05. The summed E-state index contributed by atoms with van der Waals surface area (Å²) in [6.45, 7) is 1.82. The van der Waals surface area contributed by atoms with Gasteiger partial charge in [0.1, 0.15) is 0 Å². The molecule has 108 valence electrons. The summed E-state index contributed by atoms with van der Waals surface area (Å²) in [6.07, 6.45) is 0.190. The number of benzene rings is 1. The van der Waals surface area contributed by atoms with Gasteiger partial charge in [-0.05, 0) is 12.5 Å². The number of imide groups is 1. The quantitative estimate of drug-likeness (QED) is 0.882. The van der Waals surface area contributed by atoms with Crippen molar-refractivity contribution in [1.29, 1.82) is 0 Å². The normalized spacial score (nSPS) is 20.1. The van der Waals surface area contributed by atoms with Crippen molar-refractivity contribution in [3.8, 4) is 0 Å². The van der Waals surface area contributed by atoms with Gasteiger partial charge < -0.3 is 5.73 Å². The first-order chi connectivity index (χ1) is 10.1. The maximum absolute atomic E-state index is 12.5. The van der Waals surface area contributed by atoms with E-state index in [-0.39, 0.29) is 24.3 Å². The Labute approximate surface area is 126 Å². The molecule has 0 saturated carbocycles. The number of anilines is 1. The van der Waals surface area contributed by atoms with Crippen molar-refractivity contribution in [3.63, 3.8) is 0 Å². The van der Waals surface area contributed by atoms with Crippen molar-refractivity contribution in [3.05, 3.63) is 47.0 Å². The van der Waals surface area contributed by atoms with E-state index < -0.39 is 5.92 Å². The summed E-state index contributed by atoms with van der Waals surface area (Å²) >= 11 is 1.27. The van der Waals surface area contributed by atoms with Gasteiger partial charge in [-0.3, -0.25) is 9.59 Å². The molecule has 2 unspecified atom stereocenters. The minimum Gasteiger partial charge on any atom is -0.323 e. The molecular weight excluding hydrogens is 286 g/mol. The monoisotopic (exact) mass is 301 g/mol. The summed E-state index contributed by atoms with van der Waals surface area (Å²) in [5, 5.41) is 2.20. The lowest BCUT2D eigenvalue weighted by atomic mass is 9.98. The number of aromatic nitrogens is 1. The predicted octanol–water partition coefficient (Wildman–Crippen LogP) is 2.21. The molecule has 1 aliphatic rings. The molecule has 2 amide bonds. The van der Waals surface area contributed by atoms with Crippen LogP contribution >= 0.6 is 11.3 Å². The van der Waals surface area contributed by atoms with E-state index in [1.54, 1.807) is 5.38 Å². The summed E-state index contributed by atoms with van der Waals surface area (Å²) < 4.78 is 0. The SMILES string of the molecule is CC(N)c1csc(N2C(=O)CC(c3ccccc3)C2=O)n1. The minimum absolute atomic E-state index is 0.190. The van der Waals surface area contributed by atoms with E-state index in [9.17, 15) is 9.59 Å². The first kappa shape index (κ1) is 13.9. The summed E-state index contributed by atoms with van der Waals surface area (Å²) in [5.74, 6) is -0.836. The molecule has 1 saturated heterocycles. The van der Waals surface area contributed by atoms with Crippen molar-refractivity contribution in [2.24, 2.45) is 5.73 Å². The van der Waals surface area contributed by atoms with Crippen LogP contribution in [0.4, 0.5) is 5.13 Å². The molecule has 2 aromatic rings. The Morgan fingerprint density at radius 1 is 1.33 bits per heavy atom. The first-order valence-corrected chi connectivity index (χ1v) is 7.58. The molecule has 1 aromatic heterocycles. The molecule has 0 spiro atoms. The van der Waals surface area contributed by atoms with Crippen LogP contribution in [0.2, 0.25) is 0 Å². The van der Waals surface area contributed by atoms with E-state index in [4.69, 9.17) is 5.73 Å². The Kier molecular flexibility index (Phi) is 3.57. The van der Waals surface area contributed by atoms with Crippen LogP contribution in [0.3, 0.4) is 0 Å². The second-order valence-electron chi connectivity index (χ2n) is 5.08. The zero-order valence-electron chi connectivity index (χ0n) is 11.5. The van der Waals surface area contributed by atoms with Crippen LogP contribution in [-0.4, -0.2) is 16.8 Å². The molecule has 0 aliphatic carbocycles. The van der Waals surface area contributed by atoms with Crippen molar-refractivity contribution in [2.45, 2.75) is 25.3 Å². The highest BCUT2D eigenvalue weighted by molar-refractivity contribution is 7.14. The molecule has 1 aromatic carbocycles. The van der Waals surface area contributed by atoms with E-state index in [1.165, 1.54) is 16.2 Å². The number of thiazole rings is 1. The van der Waals surface area contributed by atoms with E-state index >= 15 is 0 Å². The Hall–Kier alpha value is -2.05. The molecule has 0 radical (unpaired) electrons. The molecule has 21 heavy (non-hydrogen) atoms. The second-order valence-corrected chi connectivity index (χ2v) is 5.91. The zero-order valence-corrected chi connectivity index (χ0v) is 12.3. The molecule has 2 atom stereocenters. The first-order valence-electron chi connectivity index (χ1n) is 6.70. The number of carbonyl (C=O) groups excluding carboxylic acids is 2. The number of hydrogen-bond acceptors (Lipinski definition) is 5. The topological polar surface area (TPSA) is 76.3 Å².